The predicted octanol–water partition coefficient (Wildman–Crippen LogP) is 2.86. The van der Waals surface area contributed by atoms with Gasteiger partial charge in [0.05, 0.1) is 5.69 Å². The molecule has 0 atom stereocenters. The minimum atomic E-state index is 0.449. The van der Waals surface area contributed by atoms with Crippen molar-refractivity contribution in [3.8, 4) is 5.82 Å². The Bertz CT molecular complexity index is 587. The summed E-state index contributed by atoms with van der Waals surface area (Å²) in [5, 5.41) is 13.0. The molecular formula is C12H15ClN4. The molecule has 0 bridgehead atoms. The van der Waals surface area contributed by atoms with Gasteiger partial charge >= 0.3 is 0 Å². The van der Waals surface area contributed by atoms with Crippen LogP contribution >= 0.6 is 11.6 Å². The highest BCUT2D eigenvalue weighted by molar-refractivity contribution is 6.30. The maximum Gasteiger partial charge on any atom is 0.179 e. The predicted molar refractivity (Wildman–Crippen MR) is 67.8 cm³/mol. The van der Waals surface area contributed by atoms with Crippen LogP contribution in [0.25, 0.3) is 5.82 Å². The van der Waals surface area contributed by atoms with E-state index in [9.17, 15) is 0 Å². The Hall–Kier alpha value is -1.42. The van der Waals surface area contributed by atoms with Gasteiger partial charge in [0, 0.05) is 11.3 Å². The molecule has 4 nitrogen and oxygen atoms in total. The molecule has 17 heavy (non-hydrogen) atoms. The summed E-state index contributed by atoms with van der Waals surface area (Å²) in [5.74, 6) is 0.751. The molecular weight excluding hydrogens is 236 g/mol. The summed E-state index contributed by atoms with van der Waals surface area (Å²) >= 11 is 5.95. The largest absolute Gasteiger partial charge is 0.217 e. The summed E-state index contributed by atoms with van der Waals surface area (Å²) < 4.78 is 1.83. The van der Waals surface area contributed by atoms with Gasteiger partial charge in [-0.05, 0) is 45.7 Å². The summed E-state index contributed by atoms with van der Waals surface area (Å²) in [6, 6.07) is 0. The average molecular weight is 251 g/mol. The molecule has 0 saturated heterocycles. The molecule has 0 aromatic carbocycles. The molecule has 2 aromatic rings. The summed E-state index contributed by atoms with van der Waals surface area (Å²) in [7, 11) is 0. The number of aromatic nitrogens is 4. The van der Waals surface area contributed by atoms with Crippen LogP contribution in [0.2, 0.25) is 5.15 Å². The average Bonchev–Trinajstić information content (AvgIpc) is 2.54. The summed E-state index contributed by atoms with van der Waals surface area (Å²) in [4.78, 5) is 0. The molecule has 0 amide bonds. The monoisotopic (exact) mass is 250 g/mol. The second-order valence-corrected chi connectivity index (χ2v) is 4.63. The van der Waals surface area contributed by atoms with E-state index in [0.717, 1.165) is 28.3 Å². The fourth-order valence-electron chi connectivity index (χ4n) is 1.69. The third-order valence-electron chi connectivity index (χ3n) is 3.29. The van der Waals surface area contributed by atoms with E-state index in [1.54, 1.807) is 0 Å². The maximum atomic E-state index is 5.95. The van der Waals surface area contributed by atoms with Crippen molar-refractivity contribution >= 4 is 11.6 Å². The van der Waals surface area contributed by atoms with Crippen molar-refractivity contribution < 1.29 is 0 Å². The van der Waals surface area contributed by atoms with Crippen LogP contribution < -0.4 is 0 Å². The van der Waals surface area contributed by atoms with Gasteiger partial charge in [0.25, 0.3) is 0 Å². The van der Waals surface area contributed by atoms with Crippen molar-refractivity contribution in [3.63, 3.8) is 0 Å². The lowest BCUT2D eigenvalue weighted by Gasteiger charge is -2.09. The van der Waals surface area contributed by atoms with Gasteiger partial charge in [0.2, 0.25) is 0 Å². The van der Waals surface area contributed by atoms with Crippen molar-refractivity contribution in [1.82, 2.24) is 20.0 Å². The number of halogens is 1. The Morgan fingerprint density at radius 2 is 1.53 bits per heavy atom. The van der Waals surface area contributed by atoms with Gasteiger partial charge in [-0.3, -0.25) is 0 Å². The molecule has 0 spiro atoms. The van der Waals surface area contributed by atoms with Gasteiger partial charge in [-0.15, -0.1) is 10.2 Å². The smallest absolute Gasteiger partial charge is 0.179 e. The lowest BCUT2D eigenvalue weighted by molar-refractivity contribution is 0.770. The van der Waals surface area contributed by atoms with Crippen molar-refractivity contribution in [1.29, 1.82) is 0 Å². The first-order chi connectivity index (χ1) is 7.93. The second-order valence-electron chi connectivity index (χ2n) is 4.27. The first kappa shape index (κ1) is 12.0. The first-order valence-electron chi connectivity index (χ1n) is 5.46. The van der Waals surface area contributed by atoms with E-state index in [2.05, 4.69) is 22.2 Å². The number of hydrogen-bond acceptors (Lipinski definition) is 3. The van der Waals surface area contributed by atoms with Crippen molar-refractivity contribution in [2.24, 2.45) is 0 Å². The highest BCUT2D eigenvalue weighted by Gasteiger charge is 2.15. The quantitative estimate of drug-likeness (QED) is 0.782. The van der Waals surface area contributed by atoms with Crippen molar-refractivity contribution in [3.05, 3.63) is 33.2 Å². The SMILES string of the molecule is Cc1nn(-c2nnc(Cl)c(C)c2C)c(C)c1C. The Morgan fingerprint density at radius 3 is 2.06 bits per heavy atom. The first-order valence-corrected chi connectivity index (χ1v) is 5.83. The fourth-order valence-corrected chi connectivity index (χ4v) is 1.87. The molecule has 90 valence electrons. The Balaban J connectivity index is 2.69. The minimum Gasteiger partial charge on any atom is -0.217 e. The van der Waals surface area contributed by atoms with E-state index in [1.807, 2.05) is 32.4 Å². The van der Waals surface area contributed by atoms with Crippen LogP contribution in [0.3, 0.4) is 0 Å². The Labute approximate surface area is 106 Å². The second kappa shape index (κ2) is 4.11. The lowest BCUT2D eigenvalue weighted by atomic mass is 10.2. The third kappa shape index (κ3) is 1.82. The highest BCUT2D eigenvalue weighted by atomic mass is 35.5. The van der Waals surface area contributed by atoms with E-state index in [4.69, 9.17) is 11.6 Å². The van der Waals surface area contributed by atoms with Crippen LogP contribution in [0.4, 0.5) is 0 Å². The zero-order valence-corrected chi connectivity index (χ0v) is 11.4. The highest BCUT2D eigenvalue weighted by Crippen LogP contribution is 2.22. The number of nitrogens with zero attached hydrogens (tertiary/aromatic N) is 4. The lowest BCUT2D eigenvalue weighted by Crippen LogP contribution is -2.07. The number of aryl methyl sites for hydroxylation is 1. The van der Waals surface area contributed by atoms with Gasteiger partial charge in [0.1, 0.15) is 0 Å². The molecule has 2 heterocycles. The van der Waals surface area contributed by atoms with E-state index in [1.165, 1.54) is 5.56 Å². The van der Waals surface area contributed by atoms with Crippen molar-refractivity contribution in [2.45, 2.75) is 34.6 Å². The van der Waals surface area contributed by atoms with Crippen LogP contribution in [-0.4, -0.2) is 20.0 Å². The summed E-state index contributed by atoms with van der Waals surface area (Å²) in [6.45, 7) is 10.00. The molecule has 0 N–H and O–H groups in total. The van der Waals surface area contributed by atoms with Crippen molar-refractivity contribution in [2.75, 3.05) is 0 Å². The topological polar surface area (TPSA) is 43.6 Å². The molecule has 0 fully saturated rings. The molecule has 2 rings (SSSR count). The van der Waals surface area contributed by atoms with Crippen LogP contribution in [0.1, 0.15) is 28.1 Å². The molecule has 5 heteroatoms. The standard InChI is InChI=1S/C12H15ClN4/c1-6-7(2)12(15-14-11(6)13)17-10(5)8(3)9(4)16-17/h1-5H3. The molecule has 0 saturated carbocycles. The van der Waals surface area contributed by atoms with Crippen LogP contribution in [0.15, 0.2) is 0 Å². The minimum absolute atomic E-state index is 0.449. The van der Waals surface area contributed by atoms with E-state index in [-0.39, 0.29) is 0 Å². The Kier molecular flexibility index (Phi) is 2.91. The van der Waals surface area contributed by atoms with E-state index in [0.29, 0.717) is 5.15 Å². The fraction of sp³-hybridized carbons (Fsp3) is 0.417. The van der Waals surface area contributed by atoms with Gasteiger partial charge in [-0.2, -0.15) is 5.10 Å². The van der Waals surface area contributed by atoms with Gasteiger partial charge < -0.3 is 0 Å². The van der Waals surface area contributed by atoms with Gasteiger partial charge in [-0.1, -0.05) is 11.6 Å². The maximum absolute atomic E-state index is 5.95. The number of rotatable bonds is 1. The van der Waals surface area contributed by atoms with E-state index < -0.39 is 0 Å². The third-order valence-corrected chi connectivity index (χ3v) is 3.65. The molecule has 0 radical (unpaired) electrons. The molecule has 2 aromatic heterocycles. The normalized spacial score (nSPS) is 10.9. The summed E-state index contributed by atoms with van der Waals surface area (Å²) in [5.41, 5.74) is 5.23. The van der Waals surface area contributed by atoms with Crippen LogP contribution in [0, 0.1) is 34.6 Å². The molecule has 0 aliphatic carbocycles. The molecule has 0 unspecified atom stereocenters. The molecule has 0 aliphatic rings. The number of hydrogen-bond donors (Lipinski definition) is 0. The zero-order valence-electron chi connectivity index (χ0n) is 10.7. The van der Waals surface area contributed by atoms with Gasteiger partial charge in [-0.25, -0.2) is 4.68 Å². The molecule has 0 aliphatic heterocycles. The van der Waals surface area contributed by atoms with E-state index >= 15 is 0 Å². The van der Waals surface area contributed by atoms with Gasteiger partial charge in [0.15, 0.2) is 11.0 Å². The summed E-state index contributed by atoms with van der Waals surface area (Å²) in [6.07, 6.45) is 0. The zero-order chi connectivity index (χ0) is 12.7. The Morgan fingerprint density at radius 1 is 0.882 bits per heavy atom. The van der Waals surface area contributed by atoms with Crippen LogP contribution in [-0.2, 0) is 0 Å². The van der Waals surface area contributed by atoms with Crippen LogP contribution in [0.5, 0.6) is 0 Å².